The lowest BCUT2D eigenvalue weighted by Gasteiger charge is -2.17. The monoisotopic (exact) mass is 318 g/mol. The van der Waals surface area contributed by atoms with Gasteiger partial charge in [0.05, 0.1) is 19.9 Å². The molecule has 6 nitrogen and oxygen atoms in total. The van der Waals surface area contributed by atoms with E-state index in [0.717, 1.165) is 17.2 Å². The van der Waals surface area contributed by atoms with Crippen LogP contribution in [0.25, 0.3) is 0 Å². The fraction of sp³-hybridized carbons (Fsp3) is 0.353. The van der Waals surface area contributed by atoms with E-state index in [1.165, 1.54) is 12.3 Å². The van der Waals surface area contributed by atoms with Crippen LogP contribution in [0.2, 0.25) is 0 Å². The summed E-state index contributed by atoms with van der Waals surface area (Å²) in [5, 5.41) is 9.63. The smallest absolute Gasteiger partial charge is 0.223 e. The van der Waals surface area contributed by atoms with Gasteiger partial charge in [0.1, 0.15) is 18.1 Å². The summed E-state index contributed by atoms with van der Waals surface area (Å²) in [4.78, 5) is 13.6. The van der Waals surface area contributed by atoms with Crippen LogP contribution >= 0.6 is 0 Å². The first-order valence-corrected chi connectivity index (χ1v) is 7.33. The number of hydrogen-bond donors (Lipinski definition) is 1. The van der Waals surface area contributed by atoms with Gasteiger partial charge in [-0.3, -0.25) is 4.79 Å². The molecule has 0 aliphatic carbocycles. The summed E-state index contributed by atoms with van der Waals surface area (Å²) in [5.74, 6) is 1.26. The lowest BCUT2D eigenvalue weighted by atomic mass is 10.3. The third kappa shape index (κ3) is 4.75. The Morgan fingerprint density at radius 3 is 2.43 bits per heavy atom. The Hall–Kier alpha value is -2.47. The minimum atomic E-state index is -0.367. The predicted molar refractivity (Wildman–Crippen MR) is 88.2 cm³/mol. The van der Waals surface area contributed by atoms with Gasteiger partial charge in [0, 0.05) is 18.3 Å². The van der Waals surface area contributed by atoms with Crippen LogP contribution in [-0.4, -0.2) is 42.4 Å². The zero-order chi connectivity index (χ0) is 16.8. The molecule has 0 unspecified atom stereocenters. The normalized spacial score (nSPS) is 10.8. The van der Waals surface area contributed by atoms with Gasteiger partial charge in [0.2, 0.25) is 5.43 Å². The van der Waals surface area contributed by atoms with Gasteiger partial charge in [0.15, 0.2) is 5.75 Å². The van der Waals surface area contributed by atoms with Crippen molar-refractivity contribution in [2.45, 2.75) is 13.1 Å². The Bertz CT molecular complexity index is 693. The van der Waals surface area contributed by atoms with Crippen molar-refractivity contribution < 1.29 is 14.6 Å². The van der Waals surface area contributed by atoms with Gasteiger partial charge in [-0.15, -0.1) is 0 Å². The van der Waals surface area contributed by atoms with Crippen molar-refractivity contribution in [3.05, 3.63) is 52.4 Å². The zero-order valence-electron chi connectivity index (χ0n) is 13.7. The highest BCUT2D eigenvalue weighted by Gasteiger charge is 2.07. The second kappa shape index (κ2) is 7.69. The molecule has 0 fully saturated rings. The number of hydrogen-bond acceptors (Lipinski definition) is 5. The number of methoxy groups -OCH3 is 1. The van der Waals surface area contributed by atoms with Crippen molar-refractivity contribution in [2.24, 2.45) is 0 Å². The molecule has 2 rings (SSSR count). The lowest BCUT2D eigenvalue weighted by Crippen LogP contribution is -2.21. The summed E-state index contributed by atoms with van der Waals surface area (Å²) < 4.78 is 12.6. The lowest BCUT2D eigenvalue weighted by molar-refractivity contribution is 0.289. The summed E-state index contributed by atoms with van der Waals surface area (Å²) in [5.41, 5.74) is 0.463. The first kappa shape index (κ1) is 16.9. The summed E-state index contributed by atoms with van der Waals surface area (Å²) in [6.45, 7) is 1.57. The fourth-order valence-corrected chi connectivity index (χ4v) is 2.20. The molecule has 1 N–H and O–H groups in total. The third-order valence-electron chi connectivity index (χ3n) is 3.34. The van der Waals surface area contributed by atoms with E-state index in [0.29, 0.717) is 19.7 Å². The van der Waals surface area contributed by atoms with Gasteiger partial charge in [-0.2, -0.15) is 0 Å². The van der Waals surface area contributed by atoms with Crippen LogP contribution in [0.1, 0.15) is 5.69 Å². The molecule has 124 valence electrons. The van der Waals surface area contributed by atoms with E-state index in [9.17, 15) is 9.90 Å². The standard InChI is InChI=1S/C17H22N2O4/c1-18(2)11-13-10-16(20)17(21)12-19(13)8-9-23-15-6-4-14(22-3)5-7-15/h4-7,10,12,21H,8-9,11H2,1-3H3. The highest BCUT2D eigenvalue weighted by Crippen LogP contribution is 2.17. The Morgan fingerprint density at radius 2 is 1.83 bits per heavy atom. The van der Waals surface area contributed by atoms with Crippen molar-refractivity contribution in [3.63, 3.8) is 0 Å². The second-order valence-corrected chi connectivity index (χ2v) is 5.47. The summed E-state index contributed by atoms with van der Waals surface area (Å²) in [7, 11) is 5.47. The molecular weight excluding hydrogens is 296 g/mol. The minimum Gasteiger partial charge on any atom is -0.503 e. The number of ether oxygens (including phenoxy) is 2. The molecule has 0 spiro atoms. The van der Waals surface area contributed by atoms with Gasteiger partial charge >= 0.3 is 0 Å². The van der Waals surface area contributed by atoms with Crippen LogP contribution in [-0.2, 0) is 13.1 Å². The first-order chi connectivity index (χ1) is 11.0. The molecule has 23 heavy (non-hydrogen) atoms. The molecule has 1 aromatic carbocycles. The summed E-state index contributed by atoms with van der Waals surface area (Å²) >= 11 is 0. The highest BCUT2D eigenvalue weighted by molar-refractivity contribution is 5.31. The molecule has 0 aliphatic heterocycles. The maximum absolute atomic E-state index is 11.6. The molecular formula is C17H22N2O4. The van der Waals surface area contributed by atoms with Crippen LogP contribution in [0.3, 0.4) is 0 Å². The van der Waals surface area contributed by atoms with Crippen molar-refractivity contribution >= 4 is 0 Å². The number of pyridine rings is 1. The van der Waals surface area contributed by atoms with E-state index in [1.807, 2.05) is 47.8 Å². The Balaban J connectivity index is 2.03. The van der Waals surface area contributed by atoms with Crippen molar-refractivity contribution in [1.82, 2.24) is 9.47 Å². The molecule has 1 heterocycles. The topological polar surface area (TPSA) is 63.9 Å². The van der Waals surface area contributed by atoms with Gasteiger partial charge in [-0.25, -0.2) is 0 Å². The Morgan fingerprint density at radius 1 is 1.17 bits per heavy atom. The average Bonchev–Trinajstić information content (AvgIpc) is 2.52. The van der Waals surface area contributed by atoms with Crippen molar-refractivity contribution in [1.29, 1.82) is 0 Å². The third-order valence-corrected chi connectivity index (χ3v) is 3.34. The minimum absolute atomic E-state index is 0.253. The van der Waals surface area contributed by atoms with Crippen LogP contribution < -0.4 is 14.9 Å². The van der Waals surface area contributed by atoms with Crippen LogP contribution in [0.4, 0.5) is 0 Å². The van der Waals surface area contributed by atoms with E-state index in [1.54, 1.807) is 7.11 Å². The van der Waals surface area contributed by atoms with E-state index in [-0.39, 0.29) is 11.2 Å². The van der Waals surface area contributed by atoms with Crippen molar-refractivity contribution in [3.8, 4) is 17.2 Å². The molecule has 0 atom stereocenters. The average molecular weight is 318 g/mol. The Labute approximate surface area is 135 Å². The van der Waals surface area contributed by atoms with Crippen molar-refractivity contribution in [2.75, 3.05) is 27.8 Å². The molecule has 0 bridgehead atoms. The van der Waals surface area contributed by atoms with Crippen LogP contribution in [0.5, 0.6) is 17.2 Å². The number of rotatable bonds is 7. The number of benzene rings is 1. The summed E-state index contributed by atoms with van der Waals surface area (Å²) in [6, 6.07) is 8.80. The van der Waals surface area contributed by atoms with Crippen LogP contribution in [0, 0.1) is 0 Å². The maximum atomic E-state index is 11.6. The molecule has 2 aromatic rings. The first-order valence-electron chi connectivity index (χ1n) is 7.33. The van der Waals surface area contributed by atoms with E-state index in [4.69, 9.17) is 9.47 Å². The second-order valence-electron chi connectivity index (χ2n) is 5.47. The quantitative estimate of drug-likeness (QED) is 0.842. The fourth-order valence-electron chi connectivity index (χ4n) is 2.20. The SMILES string of the molecule is COc1ccc(OCCn2cc(O)c(=O)cc2CN(C)C)cc1. The van der Waals surface area contributed by atoms with E-state index < -0.39 is 0 Å². The molecule has 6 heteroatoms. The largest absolute Gasteiger partial charge is 0.503 e. The zero-order valence-corrected chi connectivity index (χ0v) is 13.7. The number of aromatic nitrogens is 1. The van der Waals surface area contributed by atoms with Gasteiger partial charge in [0.25, 0.3) is 0 Å². The highest BCUT2D eigenvalue weighted by atomic mass is 16.5. The van der Waals surface area contributed by atoms with Crippen LogP contribution in [0.15, 0.2) is 41.3 Å². The molecule has 0 saturated heterocycles. The molecule has 0 radical (unpaired) electrons. The number of nitrogens with zero attached hydrogens (tertiary/aromatic N) is 2. The van der Waals surface area contributed by atoms with Gasteiger partial charge in [-0.05, 0) is 38.4 Å². The van der Waals surface area contributed by atoms with E-state index in [2.05, 4.69) is 0 Å². The maximum Gasteiger partial charge on any atom is 0.223 e. The van der Waals surface area contributed by atoms with Gasteiger partial charge < -0.3 is 24.0 Å². The molecule has 1 aromatic heterocycles. The molecule has 0 aliphatic rings. The molecule has 0 saturated carbocycles. The Kier molecular flexibility index (Phi) is 5.65. The van der Waals surface area contributed by atoms with E-state index >= 15 is 0 Å². The predicted octanol–water partition coefficient (Wildman–Crippen LogP) is 1.70. The number of aromatic hydroxyl groups is 1. The van der Waals surface area contributed by atoms with Gasteiger partial charge in [-0.1, -0.05) is 0 Å². The summed E-state index contributed by atoms with van der Waals surface area (Å²) in [6.07, 6.45) is 1.46. The molecule has 0 amide bonds.